The number of amidine groups is 1. The lowest BCUT2D eigenvalue weighted by Crippen LogP contribution is -2.35. The summed E-state index contributed by atoms with van der Waals surface area (Å²) in [5.74, 6) is -7.16. The minimum absolute atomic E-state index is 0.229. The molecule has 0 bridgehead atoms. The molecular weight excluding hydrogens is 430 g/mol. The highest BCUT2D eigenvalue weighted by Crippen LogP contribution is 2.22. The van der Waals surface area contributed by atoms with E-state index in [1.165, 1.54) is 5.06 Å². The molecule has 0 saturated heterocycles. The van der Waals surface area contributed by atoms with Crippen LogP contribution in [0.3, 0.4) is 0 Å². The van der Waals surface area contributed by atoms with E-state index in [-0.39, 0.29) is 6.54 Å². The number of rotatable bonds is 3. The van der Waals surface area contributed by atoms with Gasteiger partial charge in [-0.3, -0.25) is 10.2 Å². The van der Waals surface area contributed by atoms with Gasteiger partial charge in [-0.2, -0.15) is 8.78 Å². The van der Waals surface area contributed by atoms with E-state index in [1.807, 2.05) is 42.5 Å². The van der Waals surface area contributed by atoms with Crippen LogP contribution in [0.15, 0.2) is 58.5 Å². The molecule has 0 saturated carbocycles. The van der Waals surface area contributed by atoms with Crippen molar-refractivity contribution in [3.05, 3.63) is 69.7 Å². The average molecular weight is 446 g/mol. The van der Waals surface area contributed by atoms with Gasteiger partial charge in [0.25, 0.3) is 0 Å². The fourth-order valence-corrected chi connectivity index (χ4v) is 2.61. The first-order chi connectivity index (χ1) is 14.1. The zero-order chi connectivity index (χ0) is 22.5. The highest BCUT2D eigenvalue weighted by molar-refractivity contribution is 6.30. The first-order valence-electron chi connectivity index (χ1n) is 8.33. The predicted molar refractivity (Wildman–Crippen MR) is 102 cm³/mol. The molecule has 0 atom stereocenters. The molecule has 0 aromatic heterocycles. The molecule has 0 amide bonds. The largest absolute Gasteiger partial charge is 0.477 e. The second kappa shape index (κ2) is 9.68. The summed E-state index contributed by atoms with van der Waals surface area (Å²) in [6.07, 6.45) is -4.14. The van der Waals surface area contributed by atoms with Crippen molar-refractivity contribution in [1.29, 1.82) is 0 Å². The number of aliphatic carboxylic acids is 1. The number of hydrogen-bond donors (Lipinski definition) is 2. The van der Waals surface area contributed by atoms with E-state index in [0.717, 1.165) is 16.1 Å². The molecule has 0 fully saturated rings. The molecule has 3 rings (SSSR count). The average Bonchev–Trinajstić information content (AvgIpc) is 2.84. The monoisotopic (exact) mass is 445 g/mol. The van der Waals surface area contributed by atoms with Crippen molar-refractivity contribution < 1.29 is 32.7 Å². The third kappa shape index (κ3) is 5.33. The van der Waals surface area contributed by atoms with Crippen LogP contribution in [0, 0.1) is 0 Å². The smallest absolute Gasteiger partial charge is 0.401 e. The molecule has 30 heavy (non-hydrogen) atoms. The van der Waals surface area contributed by atoms with Gasteiger partial charge in [0.15, 0.2) is 0 Å². The number of nitrogens with zero attached hydrogens (tertiary/aromatic N) is 3. The van der Waals surface area contributed by atoms with Gasteiger partial charge in [0.05, 0.1) is 11.1 Å². The van der Waals surface area contributed by atoms with E-state index in [2.05, 4.69) is 9.98 Å². The molecule has 1 aliphatic rings. The summed E-state index contributed by atoms with van der Waals surface area (Å²) >= 11 is 6.12. The van der Waals surface area contributed by atoms with E-state index < -0.39 is 18.3 Å². The first kappa shape index (κ1) is 23.3. The molecule has 0 radical (unpaired) electrons. The van der Waals surface area contributed by atoms with Gasteiger partial charge in [-0.1, -0.05) is 41.9 Å². The summed E-state index contributed by atoms with van der Waals surface area (Å²) in [5.41, 5.74) is 1.58. The summed E-state index contributed by atoms with van der Waals surface area (Å²) < 4.78 is 44.5. The van der Waals surface area contributed by atoms with Gasteiger partial charge in [0, 0.05) is 22.9 Å². The Bertz CT molecular complexity index is 1060. The lowest BCUT2D eigenvalue weighted by molar-refractivity contribution is -0.187. The van der Waals surface area contributed by atoms with E-state index in [0.29, 0.717) is 16.6 Å². The number of alkyl halides is 4. The van der Waals surface area contributed by atoms with Gasteiger partial charge in [-0.05, 0) is 18.2 Å². The molecule has 2 aromatic carbocycles. The number of carboxylic acids is 1. The van der Waals surface area contributed by atoms with Crippen molar-refractivity contribution in [2.75, 3.05) is 13.6 Å². The number of carbonyl (C=O) groups is 1. The summed E-state index contributed by atoms with van der Waals surface area (Å²) in [5, 5.41) is 21.1. The van der Waals surface area contributed by atoms with Crippen molar-refractivity contribution in [3.63, 3.8) is 0 Å². The zero-order valence-electron chi connectivity index (χ0n) is 15.4. The summed E-state index contributed by atoms with van der Waals surface area (Å²) in [6.45, 7) is 0.229. The Morgan fingerprint density at radius 1 is 1.23 bits per heavy atom. The fraction of sp³-hybridized carbons (Fsp3) is 0.211. The van der Waals surface area contributed by atoms with Gasteiger partial charge in [0.1, 0.15) is 12.4 Å². The summed E-state index contributed by atoms with van der Waals surface area (Å²) in [6, 6.07) is 15.1. The second-order valence-electron chi connectivity index (χ2n) is 5.91. The molecular formula is C19H16ClF4N3O3. The van der Waals surface area contributed by atoms with Crippen LogP contribution in [0.2, 0.25) is 5.02 Å². The van der Waals surface area contributed by atoms with Gasteiger partial charge in [-0.15, -0.1) is 0 Å². The Morgan fingerprint density at radius 3 is 2.37 bits per heavy atom. The van der Waals surface area contributed by atoms with E-state index in [9.17, 15) is 27.6 Å². The van der Waals surface area contributed by atoms with Crippen molar-refractivity contribution in [3.8, 4) is 0 Å². The lowest BCUT2D eigenvalue weighted by atomic mass is 10.1. The molecule has 6 nitrogen and oxygen atoms in total. The third-order valence-electron chi connectivity index (χ3n) is 3.88. The van der Waals surface area contributed by atoms with Crippen LogP contribution in [-0.2, 0) is 4.79 Å². The number of hydroxylamine groups is 2. The number of aliphatic imine (C=N–C) groups is 1. The van der Waals surface area contributed by atoms with Crippen molar-refractivity contribution in [2.45, 2.75) is 12.3 Å². The zero-order valence-corrected chi connectivity index (χ0v) is 16.2. The minimum Gasteiger partial charge on any atom is -0.477 e. The van der Waals surface area contributed by atoms with Crippen LogP contribution < -0.4 is 10.6 Å². The molecule has 2 N–H and O–H groups in total. The minimum atomic E-state index is -4.92. The van der Waals surface area contributed by atoms with Crippen LogP contribution in [0.4, 0.5) is 17.6 Å². The first-order valence-corrected chi connectivity index (χ1v) is 8.71. The maximum absolute atomic E-state index is 11.3. The van der Waals surface area contributed by atoms with E-state index in [4.69, 9.17) is 16.7 Å². The van der Waals surface area contributed by atoms with Crippen LogP contribution in [0.1, 0.15) is 5.56 Å². The van der Waals surface area contributed by atoms with Gasteiger partial charge < -0.3 is 5.11 Å². The van der Waals surface area contributed by atoms with E-state index in [1.54, 1.807) is 13.1 Å². The number of benzene rings is 2. The lowest BCUT2D eigenvalue weighted by Gasteiger charge is -2.19. The maximum Gasteiger partial charge on any atom is 0.401 e. The van der Waals surface area contributed by atoms with Crippen LogP contribution in [-0.4, -0.2) is 53.1 Å². The van der Waals surface area contributed by atoms with Crippen molar-refractivity contribution in [2.24, 2.45) is 9.98 Å². The molecule has 1 heterocycles. The SMILES string of the molecule is CN=C1CN(O)C(c2ccccc2)=c2cc(Cl)ccc2=N1.O=C(O)C(F)(F)C(F)F. The van der Waals surface area contributed by atoms with Gasteiger partial charge in [0.2, 0.25) is 0 Å². The predicted octanol–water partition coefficient (Wildman–Crippen LogP) is 2.82. The topological polar surface area (TPSA) is 85.5 Å². The third-order valence-corrected chi connectivity index (χ3v) is 4.11. The Hall–Kier alpha value is -2.98. The van der Waals surface area contributed by atoms with Crippen molar-refractivity contribution >= 4 is 29.1 Å². The van der Waals surface area contributed by atoms with E-state index >= 15 is 0 Å². The molecule has 2 aromatic rings. The van der Waals surface area contributed by atoms with Gasteiger partial charge in [-0.25, -0.2) is 23.6 Å². The molecule has 1 aliphatic heterocycles. The Morgan fingerprint density at radius 2 is 1.87 bits per heavy atom. The molecule has 11 heteroatoms. The van der Waals surface area contributed by atoms with Crippen molar-refractivity contribution in [1.82, 2.24) is 5.06 Å². The van der Waals surface area contributed by atoms with Crippen LogP contribution in [0.25, 0.3) is 5.70 Å². The quantitative estimate of drug-likeness (QED) is 0.711. The molecule has 0 unspecified atom stereocenters. The number of halogens is 5. The molecule has 0 aliphatic carbocycles. The molecule has 0 spiro atoms. The highest BCUT2D eigenvalue weighted by Gasteiger charge is 2.49. The number of hydrogen-bond acceptors (Lipinski definition) is 4. The Balaban J connectivity index is 0.000000303. The van der Waals surface area contributed by atoms with Gasteiger partial charge >= 0.3 is 18.3 Å². The number of fused-ring (bicyclic) bond motifs is 1. The van der Waals surface area contributed by atoms with Crippen LogP contribution >= 0.6 is 11.6 Å². The second-order valence-corrected chi connectivity index (χ2v) is 6.35. The standard InChI is InChI=1S/C16H14ClN3O.C3H2F4O2/c1-18-15-10-20(21)16(11-5-3-2-4-6-11)13-9-12(17)7-8-14(13)19-15;4-1(5)3(6,7)2(8)9/h2-9,21H,10H2,1H3;1H,(H,8,9). The number of carboxylic acid groups (broad SMARTS) is 1. The Labute approximate surface area is 173 Å². The fourth-order valence-electron chi connectivity index (χ4n) is 2.44. The summed E-state index contributed by atoms with van der Waals surface area (Å²) in [4.78, 5) is 17.8. The Kier molecular flexibility index (Phi) is 7.52. The molecule has 160 valence electrons. The van der Waals surface area contributed by atoms with Crippen LogP contribution in [0.5, 0.6) is 0 Å². The maximum atomic E-state index is 11.3. The summed E-state index contributed by atoms with van der Waals surface area (Å²) in [7, 11) is 1.66. The highest BCUT2D eigenvalue weighted by atomic mass is 35.5. The normalized spacial score (nSPS) is 15.1.